The lowest BCUT2D eigenvalue weighted by atomic mass is 9.84. The second-order valence-corrected chi connectivity index (χ2v) is 14.1. The van der Waals surface area contributed by atoms with E-state index in [9.17, 15) is 9.59 Å². The minimum atomic E-state index is -0.600. The molecule has 2 aromatic carbocycles. The van der Waals surface area contributed by atoms with E-state index in [0.717, 1.165) is 43.2 Å². The maximum Gasteiger partial charge on any atom is 0.245 e. The fourth-order valence-electron chi connectivity index (χ4n) is 7.64. The fourth-order valence-corrected chi connectivity index (χ4v) is 7.77. The molecule has 238 valence electrons. The van der Waals surface area contributed by atoms with Crippen molar-refractivity contribution in [1.29, 1.82) is 0 Å². The van der Waals surface area contributed by atoms with Crippen molar-refractivity contribution in [3.05, 3.63) is 64.7 Å². The molecule has 3 fully saturated rings. The number of anilines is 1. The molecule has 2 heterocycles. The number of benzene rings is 2. The molecule has 2 unspecified atom stereocenters. The van der Waals surface area contributed by atoms with E-state index in [1.807, 2.05) is 41.3 Å². The Bertz CT molecular complexity index is 1210. The average molecular weight is 620 g/mol. The summed E-state index contributed by atoms with van der Waals surface area (Å²) in [7, 11) is 0. The summed E-state index contributed by atoms with van der Waals surface area (Å²) in [5.74, 6) is 0.764. The van der Waals surface area contributed by atoms with Gasteiger partial charge in [-0.05, 0) is 60.9 Å². The first kappa shape index (κ1) is 31.4. The normalized spacial score (nSPS) is 22.5. The van der Waals surface area contributed by atoms with Gasteiger partial charge in [0.1, 0.15) is 6.04 Å². The zero-order chi connectivity index (χ0) is 30.3. The van der Waals surface area contributed by atoms with Crippen LogP contribution in [0.3, 0.4) is 0 Å². The Hall–Kier alpha value is -2.61. The number of carbonyl (C=O) groups excluding carboxylic acids is 2. The van der Waals surface area contributed by atoms with Gasteiger partial charge in [-0.15, -0.1) is 0 Å². The van der Waals surface area contributed by atoms with E-state index in [4.69, 9.17) is 11.6 Å². The van der Waals surface area contributed by atoms with Crippen LogP contribution in [0.25, 0.3) is 0 Å². The second kappa shape index (κ2) is 15.1. The Kier molecular flexibility index (Phi) is 10.8. The monoisotopic (exact) mass is 619 g/mol. The van der Waals surface area contributed by atoms with Crippen LogP contribution in [0.15, 0.2) is 48.5 Å². The van der Waals surface area contributed by atoms with Crippen molar-refractivity contribution in [1.82, 2.24) is 20.4 Å². The first-order valence-corrected chi connectivity index (χ1v) is 17.5. The van der Waals surface area contributed by atoms with E-state index in [1.54, 1.807) is 0 Å². The number of nitrogens with zero attached hydrogens (tertiary/aromatic N) is 2. The molecule has 0 bridgehead atoms. The highest BCUT2D eigenvalue weighted by atomic mass is 35.5. The van der Waals surface area contributed by atoms with Crippen LogP contribution in [-0.2, 0) is 22.4 Å². The van der Waals surface area contributed by atoms with Crippen molar-refractivity contribution in [2.24, 2.45) is 5.92 Å². The number of para-hydroxylation sites is 1. The molecular weight excluding hydrogens is 570 g/mol. The summed E-state index contributed by atoms with van der Waals surface area (Å²) >= 11 is 6.14. The van der Waals surface area contributed by atoms with Crippen molar-refractivity contribution in [2.45, 2.75) is 101 Å². The average Bonchev–Trinajstić information content (AvgIpc) is 3.43. The minimum Gasteiger partial charge on any atom is -0.381 e. The van der Waals surface area contributed by atoms with E-state index >= 15 is 0 Å². The van der Waals surface area contributed by atoms with Gasteiger partial charge in [0.25, 0.3) is 0 Å². The lowest BCUT2D eigenvalue weighted by molar-refractivity contribution is -0.138. The third-order valence-corrected chi connectivity index (χ3v) is 10.7. The molecule has 2 amide bonds. The Balaban J connectivity index is 1.07. The number of nitrogens with one attached hydrogen (secondary N) is 3. The molecule has 0 aromatic heterocycles. The largest absolute Gasteiger partial charge is 0.381 e. The number of rotatable bonds is 12. The van der Waals surface area contributed by atoms with Crippen LogP contribution >= 0.6 is 11.6 Å². The number of hydrogen-bond donors (Lipinski definition) is 3. The van der Waals surface area contributed by atoms with Crippen LogP contribution in [-0.4, -0.2) is 78.5 Å². The Labute approximate surface area is 268 Å². The number of amides is 2. The van der Waals surface area contributed by atoms with Gasteiger partial charge in [-0.3, -0.25) is 14.5 Å². The number of piperazine rings is 1. The summed E-state index contributed by atoms with van der Waals surface area (Å²) in [5, 5.41) is 11.1. The molecule has 0 radical (unpaired) electrons. The maximum absolute atomic E-state index is 14.0. The SMILES string of the molecule is O=C(CC1Cc2ccccc2N1)N[C@H](Cc1ccc(Cl)cc1)C(=O)N1CCN(C(CNC2CCC2)CC2CCCCC2)CC1. The summed E-state index contributed by atoms with van der Waals surface area (Å²) in [5.41, 5.74) is 3.33. The predicted molar refractivity (Wildman–Crippen MR) is 178 cm³/mol. The Morgan fingerprint density at radius 1 is 0.909 bits per heavy atom. The zero-order valence-electron chi connectivity index (χ0n) is 26.1. The van der Waals surface area contributed by atoms with Gasteiger partial charge >= 0.3 is 0 Å². The molecule has 3 atom stereocenters. The van der Waals surface area contributed by atoms with Crippen LogP contribution in [0.4, 0.5) is 5.69 Å². The molecule has 3 N–H and O–H groups in total. The van der Waals surface area contributed by atoms with Crippen molar-refractivity contribution in [2.75, 3.05) is 38.0 Å². The van der Waals surface area contributed by atoms with Gasteiger partial charge in [0.05, 0.1) is 0 Å². The predicted octanol–water partition coefficient (Wildman–Crippen LogP) is 5.42. The zero-order valence-corrected chi connectivity index (χ0v) is 26.9. The smallest absolute Gasteiger partial charge is 0.245 e. The quantitative estimate of drug-likeness (QED) is 0.296. The minimum absolute atomic E-state index is 0.0204. The second-order valence-electron chi connectivity index (χ2n) is 13.6. The standard InChI is InChI=1S/C36H50ClN5O2/c37-29-15-13-27(14-16-29)22-34(40-35(43)24-31-23-28-9-4-5-12-33(28)39-31)36(44)42-19-17-41(18-20-42)32(25-38-30-10-6-11-30)21-26-7-2-1-3-8-26/h4-5,9,12-16,26,30-32,34,38-39H,1-3,6-8,10-11,17-25H2,(H,40,43)/t31?,32?,34-/m1/s1. The van der Waals surface area contributed by atoms with Crippen LogP contribution in [0, 0.1) is 5.92 Å². The van der Waals surface area contributed by atoms with E-state index < -0.39 is 6.04 Å². The summed E-state index contributed by atoms with van der Waals surface area (Å²) in [4.78, 5) is 32.0. The number of carbonyl (C=O) groups is 2. The summed E-state index contributed by atoms with van der Waals surface area (Å²) in [6.45, 7) is 4.25. The summed E-state index contributed by atoms with van der Waals surface area (Å²) in [6, 6.07) is 16.5. The fraction of sp³-hybridized carbons (Fsp3) is 0.611. The molecule has 6 rings (SSSR count). The first-order chi connectivity index (χ1) is 21.5. The van der Waals surface area contributed by atoms with Gasteiger partial charge in [-0.1, -0.05) is 80.5 Å². The molecule has 2 aliphatic heterocycles. The van der Waals surface area contributed by atoms with Crippen LogP contribution in [0.5, 0.6) is 0 Å². The summed E-state index contributed by atoms with van der Waals surface area (Å²) < 4.78 is 0. The van der Waals surface area contributed by atoms with Crippen molar-refractivity contribution >= 4 is 29.1 Å². The first-order valence-electron chi connectivity index (χ1n) is 17.1. The molecule has 2 aliphatic carbocycles. The number of hydrogen-bond acceptors (Lipinski definition) is 5. The van der Waals surface area contributed by atoms with Gasteiger partial charge in [0.15, 0.2) is 0 Å². The molecule has 0 spiro atoms. The third kappa shape index (κ3) is 8.35. The van der Waals surface area contributed by atoms with Gasteiger partial charge in [0, 0.05) is 74.4 Å². The number of halogens is 1. The van der Waals surface area contributed by atoms with Gasteiger partial charge < -0.3 is 20.9 Å². The van der Waals surface area contributed by atoms with Crippen molar-refractivity contribution < 1.29 is 9.59 Å². The molecule has 7 nitrogen and oxygen atoms in total. The van der Waals surface area contributed by atoms with Crippen LogP contribution < -0.4 is 16.0 Å². The highest BCUT2D eigenvalue weighted by Crippen LogP contribution is 2.30. The molecule has 2 aromatic rings. The molecule has 2 saturated carbocycles. The van der Waals surface area contributed by atoms with Crippen molar-refractivity contribution in [3.63, 3.8) is 0 Å². The van der Waals surface area contributed by atoms with E-state index in [-0.39, 0.29) is 17.9 Å². The maximum atomic E-state index is 14.0. The van der Waals surface area contributed by atoms with E-state index in [2.05, 4.69) is 33.0 Å². The highest BCUT2D eigenvalue weighted by Gasteiger charge is 2.33. The van der Waals surface area contributed by atoms with Crippen molar-refractivity contribution in [3.8, 4) is 0 Å². The van der Waals surface area contributed by atoms with Crippen LogP contribution in [0.1, 0.15) is 75.3 Å². The summed E-state index contributed by atoms with van der Waals surface area (Å²) in [6.07, 6.45) is 13.7. The van der Waals surface area contributed by atoms with Gasteiger partial charge in [-0.25, -0.2) is 0 Å². The molecule has 4 aliphatic rings. The van der Waals surface area contributed by atoms with Gasteiger partial charge in [-0.2, -0.15) is 0 Å². The third-order valence-electron chi connectivity index (χ3n) is 10.5. The highest BCUT2D eigenvalue weighted by molar-refractivity contribution is 6.30. The lowest BCUT2D eigenvalue weighted by Crippen LogP contribution is -2.58. The molecule has 8 heteroatoms. The van der Waals surface area contributed by atoms with E-state index in [0.29, 0.717) is 43.0 Å². The molecular formula is C36H50ClN5O2. The lowest BCUT2D eigenvalue weighted by Gasteiger charge is -2.42. The molecule has 1 saturated heterocycles. The van der Waals surface area contributed by atoms with Crippen LogP contribution in [0.2, 0.25) is 5.02 Å². The topological polar surface area (TPSA) is 76.7 Å². The Morgan fingerprint density at radius 2 is 1.66 bits per heavy atom. The van der Waals surface area contributed by atoms with E-state index in [1.165, 1.54) is 63.4 Å². The Morgan fingerprint density at radius 3 is 2.36 bits per heavy atom. The number of fused-ring (bicyclic) bond motifs is 1. The van der Waals surface area contributed by atoms with Gasteiger partial charge in [0.2, 0.25) is 11.8 Å². The molecule has 44 heavy (non-hydrogen) atoms.